The van der Waals surface area contributed by atoms with Crippen molar-refractivity contribution in [2.24, 2.45) is 5.73 Å². The number of para-hydroxylation sites is 1. The number of nitrogens with one attached hydrogen (secondary N) is 1. The molecule has 8 nitrogen and oxygen atoms in total. The Balaban J connectivity index is 1.71. The lowest BCUT2D eigenvalue weighted by Gasteiger charge is -2.24. The van der Waals surface area contributed by atoms with E-state index >= 15 is 0 Å². The maximum absolute atomic E-state index is 12.4. The summed E-state index contributed by atoms with van der Waals surface area (Å²) in [4.78, 5) is 28.0. The summed E-state index contributed by atoms with van der Waals surface area (Å²) in [6.07, 6.45) is 1.98. The van der Waals surface area contributed by atoms with Crippen LogP contribution in [0.4, 0.5) is 5.82 Å². The summed E-state index contributed by atoms with van der Waals surface area (Å²) in [7, 11) is 1.51. The molecular formula is C21H20N4O4. The van der Waals surface area contributed by atoms with E-state index < -0.39 is 5.91 Å². The minimum absolute atomic E-state index is 0.0896. The molecule has 2 heterocycles. The van der Waals surface area contributed by atoms with Gasteiger partial charge in [0.2, 0.25) is 5.91 Å². The number of benzene rings is 2. The summed E-state index contributed by atoms with van der Waals surface area (Å²) in [5.74, 6) is 0.627. The van der Waals surface area contributed by atoms with Gasteiger partial charge in [0.15, 0.2) is 18.1 Å². The summed E-state index contributed by atoms with van der Waals surface area (Å²) >= 11 is 0. The Morgan fingerprint density at radius 1 is 1.24 bits per heavy atom. The zero-order chi connectivity index (χ0) is 20.4. The fourth-order valence-electron chi connectivity index (χ4n) is 3.44. The lowest BCUT2D eigenvalue weighted by molar-refractivity contribution is -0.120. The highest BCUT2D eigenvalue weighted by molar-refractivity contribution is 5.94. The SMILES string of the molecule is COc1cc([C@H]2CC(=O)Nc3c2ncn3-c2ccccc2)ccc1OCC(N)=O. The Hall–Kier alpha value is -3.81. The van der Waals surface area contributed by atoms with Crippen molar-refractivity contribution in [3.8, 4) is 17.2 Å². The van der Waals surface area contributed by atoms with Crippen LogP contribution in [0.25, 0.3) is 5.69 Å². The van der Waals surface area contributed by atoms with E-state index in [2.05, 4.69) is 10.3 Å². The molecule has 0 aliphatic carbocycles. The number of hydrogen-bond acceptors (Lipinski definition) is 5. The number of aromatic nitrogens is 2. The Labute approximate surface area is 167 Å². The normalized spacial score (nSPS) is 15.3. The highest BCUT2D eigenvalue weighted by Gasteiger charge is 2.31. The Morgan fingerprint density at radius 3 is 2.76 bits per heavy atom. The number of nitrogens with zero attached hydrogens (tertiary/aromatic N) is 2. The first-order valence-electron chi connectivity index (χ1n) is 9.08. The second-order valence-electron chi connectivity index (χ2n) is 6.65. The average Bonchev–Trinajstić information content (AvgIpc) is 3.15. The molecule has 29 heavy (non-hydrogen) atoms. The first-order chi connectivity index (χ1) is 14.1. The van der Waals surface area contributed by atoms with Crippen molar-refractivity contribution in [1.82, 2.24) is 9.55 Å². The van der Waals surface area contributed by atoms with E-state index in [1.807, 2.05) is 41.0 Å². The highest BCUT2D eigenvalue weighted by atomic mass is 16.5. The molecule has 2 amide bonds. The summed E-state index contributed by atoms with van der Waals surface area (Å²) in [5, 5.41) is 2.93. The first-order valence-corrected chi connectivity index (χ1v) is 9.08. The van der Waals surface area contributed by atoms with Crippen molar-refractivity contribution in [3.63, 3.8) is 0 Å². The molecule has 8 heteroatoms. The molecule has 1 atom stereocenters. The van der Waals surface area contributed by atoms with Crippen LogP contribution in [0.15, 0.2) is 54.9 Å². The van der Waals surface area contributed by atoms with E-state index in [0.29, 0.717) is 17.3 Å². The number of imidazole rings is 1. The van der Waals surface area contributed by atoms with Gasteiger partial charge in [0.05, 0.1) is 12.8 Å². The molecule has 2 aromatic carbocycles. The van der Waals surface area contributed by atoms with Crippen LogP contribution in [0.3, 0.4) is 0 Å². The number of methoxy groups -OCH3 is 1. The molecule has 0 radical (unpaired) electrons. The number of carbonyl (C=O) groups is 2. The van der Waals surface area contributed by atoms with E-state index in [0.717, 1.165) is 16.9 Å². The molecule has 0 spiro atoms. The number of hydrogen-bond donors (Lipinski definition) is 2. The summed E-state index contributed by atoms with van der Waals surface area (Å²) in [6, 6.07) is 15.0. The van der Waals surface area contributed by atoms with Gasteiger partial charge in [0.1, 0.15) is 12.1 Å². The van der Waals surface area contributed by atoms with E-state index in [-0.39, 0.29) is 24.9 Å². The maximum atomic E-state index is 12.4. The fraction of sp³-hybridized carbons (Fsp3) is 0.190. The third-order valence-corrected chi connectivity index (χ3v) is 4.77. The summed E-state index contributed by atoms with van der Waals surface area (Å²) in [6.45, 7) is -0.243. The van der Waals surface area contributed by atoms with Gasteiger partial charge in [-0.1, -0.05) is 24.3 Å². The zero-order valence-corrected chi connectivity index (χ0v) is 15.8. The molecule has 1 aliphatic heterocycles. The van der Waals surface area contributed by atoms with Crippen molar-refractivity contribution in [3.05, 3.63) is 66.1 Å². The van der Waals surface area contributed by atoms with Crippen molar-refractivity contribution >= 4 is 17.6 Å². The topological polar surface area (TPSA) is 108 Å². The molecule has 148 valence electrons. The second-order valence-corrected chi connectivity index (χ2v) is 6.65. The van der Waals surface area contributed by atoms with Crippen molar-refractivity contribution in [2.45, 2.75) is 12.3 Å². The smallest absolute Gasteiger partial charge is 0.255 e. The lowest BCUT2D eigenvalue weighted by Crippen LogP contribution is -2.25. The number of anilines is 1. The van der Waals surface area contributed by atoms with E-state index in [1.165, 1.54) is 7.11 Å². The predicted molar refractivity (Wildman–Crippen MR) is 106 cm³/mol. The Morgan fingerprint density at radius 2 is 2.03 bits per heavy atom. The van der Waals surface area contributed by atoms with Gasteiger partial charge in [-0.15, -0.1) is 0 Å². The van der Waals surface area contributed by atoms with Crippen LogP contribution in [0.5, 0.6) is 11.5 Å². The number of nitrogens with two attached hydrogens (primary N) is 1. The molecule has 4 rings (SSSR count). The van der Waals surface area contributed by atoms with Gasteiger partial charge in [-0.25, -0.2) is 4.98 Å². The second kappa shape index (κ2) is 7.67. The molecule has 1 aromatic heterocycles. The van der Waals surface area contributed by atoms with Gasteiger partial charge in [0.25, 0.3) is 5.91 Å². The Bertz CT molecular complexity index is 1060. The molecule has 3 aromatic rings. The van der Waals surface area contributed by atoms with Crippen LogP contribution >= 0.6 is 0 Å². The van der Waals surface area contributed by atoms with Crippen LogP contribution in [0, 0.1) is 0 Å². The van der Waals surface area contributed by atoms with E-state index in [4.69, 9.17) is 15.2 Å². The van der Waals surface area contributed by atoms with Crippen molar-refractivity contribution in [1.29, 1.82) is 0 Å². The molecule has 1 aliphatic rings. The molecule has 0 bridgehead atoms. The van der Waals surface area contributed by atoms with Gasteiger partial charge in [0, 0.05) is 18.0 Å². The average molecular weight is 392 g/mol. The standard InChI is InChI=1S/C21H20N4O4/c1-28-17-9-13(7-8-16(17)29-11-18(22)26)15-10-19(27)24-21-20(15)23-12-25(21)14-5-3-2-4-6-14/h2-9,12,15H,10-11H2,1H3,(H2,22,26)(H,24,27)/t15-/m1/s1. The molecule has 0 fully saturated rings. The quantitative estimate of drug-likeness (QED) is 0.669. The molecule has 0 saturated carbocycles. The molecule has 3 N–H and O–H groups in total. The molecule has 0 unspecified atom stereocenters. The number of ether oxygens (including phenoxy) is 2. The van der Waals surface area contributed by atoms with Crippen LogP contribution < -0.4 is 20.5 Å². The number of carbonyl (C=O) groups excluding carboxylic acids is 2. The van der Waals surface area contributed by atoms with Gasteiger partial charge in [-0.3, -0.25) is 14.2 Å². The summed E-state index contributed by atoms with van der Waals surface area (Å²) < 4.78 is 12.6. The number of amides is 2. The molecule has 0 saturated heterocycles. The van der Waals surface area contributed by atoms with Gasteiger partial charge in [-0.05, 0) is 29.8 Å². The highest BCUT2D eigenvalue weighted by Crippen LogP contribution is 2.40. The molecular weight excluding hydrogens is 372 g/mol. The van der Waals surface area contributed by atoms with Crippen LogP contribution in [0.1, 0.15) is 23.6 Å². The monoisotopic (exact) mass is 392 g/mol. The Kier molecular flexibility index (Phi) is 4.90. The zero-order valence-electron chi connectivity index (χ0n) is 15.8. The largest absolute Gasteiger partial charge is 0.493 e. The number of rotatable bonds is 6. The van der Waals surface area contributed by atoms with Crippen molar-refractivity contribution in [2.75, 3.05) is 19.0 Å². The third-order valence-electron chi connectivity index (χ3n) is 4.77. The van der Waals surface area contributed by atoms with E-state index in [9.17, 15) is 9.59 Å². The number of fused-ring (bicyclic) bond motifs is 1. The lowest BCUT2D eigenvalue weighted by atomic mass is 9.89. The van der Waals surface area contributed by atoms with Gasteiger partial charge >= 0.3 is 0 Å². The fourth-order valence-corrected chi connectivity index (χ4v) is 3.44. The van der Waals surface area contributed by atoms with Crippen molar-refractivity contribution < 1.29 is 19.1 Å². The minimum atomic E-state index is -0.573. The number of primary amides is 1. The summed E-state index contributed by atoms with van der Waals surface area (Å²) in [5.41, 5.74) is 7.69. The first kappa shape index (κ1) is 18.5. The minimum Gasteiger partial charge on any atom is -0.493 e. The van der Waals surface area contributed by atoms with Crippen LogP contribution in [0.2, 0.25) is 0 Å². The van der Waals surface area contributed by atoms with Gasteiger partial charge in [-0.2, -0.15) is 0 Å². The predicted octanol–water partition coefficient (Wildman–Crippen LogP) is 2.22. The van der Waals surface area contributed by atoms with Crippen LogP contribution in [-0.2, 0) is 9.59 Å². The maximum Gasteiger partial charge on any atom is 0.255 e. The van der Waals surface area contributed by atoms with E-state index in [1.54, 1.807) is 18.5 Å². The van der Waals surface area contributed by atoms with Crippen LogP contribution in [-0.4, -0.2) is 35.1 Å². The van der Waals surface area contributed by atoms with Gasteiger partial charge < -0.3 is 20.5 Å². The third kappa shape index (κ3) is 3.64.